The van der Waals surface area contributed by atoms with Crippen LogP contribution in [0.5, 0.6) is 0 Å². The predicted molar refractivity (Wildman–Crippen MR) is 85.4 cm³/mol. The fourth-order valence-electron chi connectivity index (χ4n) is 1.99. The first-order valence-electron chi connectivity index (χ1n) is 6.48. The minimum Gasteiger partial charge on any atom is -0.337 e. The first kappa shape index (κ1) is 14.3. The zero-order valence-electron chi connectivity index (χ0n) is 11.0. The third-order valence-corrected chi connectivity index (χ3v) is 4.04. The lowest BCUT2D eigenvalue weighted by atomic mass is 10.1. The van der Waals surface area contributed by atoms with Gasteiger partial charge in [0.2, 0.25) is 5.89 Å². The molecule has 1 heterocycles. The molecule has 106 valence electrons. The molecule has 0 fully saturated rings. The summed E-state index contributed by atoms with van der Waals surface area (Å²) < 4.78 is 6.32. The summed E-state index contributed by atoms with van der Waals surface area (Å²) in [6, 6.07) is 17.7. The molecule has 3 nitrogen and oxygen atoms in total. The quantitative estimate of drug-likeness (QED) is 0.628. The van der Waals surface area contributed by atoms with E-state index < -0.39 is 5.38 Å². The van der Waals surface area contributed by atoms with E-state index in [0.29, 0.717) is 18.1 Å². The van der Waals surface area contributed by atoms with Gasteiger partial charge in [-0.25, -0.2) is 0 Å². The van der Waals surface area contributed by atoms with Crippen molar-refractivity contribution in [2.24, 2.45) is 0 Å². The molecular weight excluding hydrogens is 352 g/mol. The summed E-state index contributed by atoms with van der Waals surface area (Å²) in [7, 11) is 0. The SMILES string of the molecule is ClC(c1ccccc1)c1nc(Cc2ccc(Br)cc2)no1. The van der Waals surface area contributed by atoms with Crippen LogP contribution in [0.2, 0.25) is 0 Å². The zero-order chi connectivity index (χ0) is 14.7. The molecule has 0 aliphatic carbocycles. The Kier molecular flexibility index (Phi) is 4.36. The van der Waals surface area contributed by atoms with Crippen molar-refractivity contribution < 1.29 is 4.52 Å². The standard InChI is InChI=1S/C16H12BrClN2O/c17-13-8-6-11(7-9-13)10-14-19-16(21-20-14)15(18)12-4-2-1-3-5-12/h1-9,15H,10H2. The first-order chi connectivity index (χ1) is 10.2. The second kappa shape index (κ2) is 6.41. The van der Waals surface area contributed by atoms with Gasteiger partial charge in [-0.05, 0) is 23.3 Å². The van der Waals surface area contributed by atoms with Crippen LogP contribution in [0.15, 0.2) is 63.6 Å². The number of nitrogens with zero attached hydrogens (tertiary/aromatic N) is 2. The van der Waals surface area contributed by atoms with Crippen molar-refractivity contribution in [2.75, 3.05) is 0 Å². The molecule has 0 radical (unpaired) electrons. The Balaban J connectivity index is 1.75. The lowest BCUT2D eigenvalue weighted by molar-refractivity contribution is 0.377. The molecule has 0 spiro atoms. The summed E-state index contributed by atoms with van der Waals surface area (Å²) in [4.78, 5) is 4.38. The molecule has 3 aromatic rings. The molecule has 0 saturated carbocycles. The van der Waals surface area contributed by atoms with Gasteiger partial charge in [0, 0.05) is 10.9 Å². The van der Waals surface area contributed by atoms with Crippen molar-refractivity contribution in [1.29, 1.82) is 0 Å². The van der Waals surface area contributed by atoms with Crippen molar-refractivity contribution in [3.8, 4) is 0 Å². The number of hydrogen-bond acceptors (Lipinski definition) is 3. The largest absolute Gasteiger partial charge is 0.337 e. The van der Waals surface area contributed by atoms with E-state index in [9.17, 15) is 0 Å². The van der Waals surface area contributed by atoms with Crippen LogP contribution >= 0.6 is 27.5 Å². The Morgan fingerprint density at radius 1 is 1.05 bits per heavy atom. The molecule has 3 rings (SSSR count). The van der Waals surface area contributed by atoms with Crippen molar-refractivity contribution >= 4 is 27.5 Å². The summed E-state index contributed by atoms with van der Waals surface area (Å²) in [5.41, 5.74) is 2.06. The molecule has 1 atom stereocenters. The third-order valence-electron chi connectivity index (χ3n) is 3.07. The van der Waals surface area contributed by atoms with Crippen LogP contribution in [0.3, 0.4) is 0 Å². The number of rotatable bonds is 4. The number of aromatic nitrogens is 2. The number of hydrogen-bond donors (Lipinski definition) is 0. The average molecular weight is 364 g/mol. The number of alkyl halides is 1. The van der Waals surface area contributed by atoms with Crippen LogP contribution in [-0.4, -0.2) is 10.1 Å². The van der Waals surface area contributed by atoms with Crippen molar-refractivity contribution in [3.05, 3.63) is 81.9 Å². The van der Waals surface area contributed by atoms with E-state index in [0.717, 1.165) is 15.6 Å². The molecule has 21 heavy (non-hydrogen) atoms. The van der Waals surface area contributed by atoms with E-state index >= 15 is 0 Å². The van der Waals surface area contributed by atoms with Crippen LogP contribution in [0.1, 0.15) is 28.2 Å². The molecule has 5 heteroatoms. The molecule has 1 unspecified atom stereocenters. The molecule has 1 aromatic heterocycles. The Hall–Kier alpha value is -1.65. The van der Waals surface area contributed by atoms with Gasteiger partial charge >= 0.3 is 0 Å². The van der Waals surface area contributed by atoms with Crippen LogP contribution in [0.25, 0.3) is 0 Å². The molecular formula is C16H12BrClN2O. The van der Waals surface area contributed by atoms with E-state index in [-0.39, 0.29) is 0 Å². The van der Waals surface area contributed by atoms with Crippen molar-refractivity contribution in [2.45, 2.75) is 11.8 Å². The maximum atomic E-state index is 6.37. The molecule has 0 aliphatic heterocycles. The summed E-state index contributed by atoms with van der Waals surface area (Å²) in [5.74, 6) is 1.06. The fraction of sp³-hybridized carbons (Fsp3) is 0.125. The second-order valence-electron chi connectivity index (χ2n) is 4.63. The monoisotopic (exact) mass is 362 g/mol. The Bertz CT molecular complexity index is 713. The number of benzene rings is 2. The molecule has 0 N–H and O–H groups in total. The molecule has 0 aliphatic rings. The summed E-state index contributed by atoms with van der Waals surface area (Å²) in [6.45, 7) is 0. The highest BCUT2D eigenvalue weighted by molar-refractivity contribution is 9.10. The van der Waals surface area contributed by atoms with Gasteiger partial charge in [0.1, 0.15) is 5.38 Å². The predicted octanol–water partition coefficient (Wildman–Crippen LogP) is 4.75. The highest BCUT2D eigenvalue weighted by Gasteiger charge is 2.18. The van der Waals surface area contributed by atoms with E-state index in [1.807, 2.05) is 54.6 Å². The number of halogens is 2. The lowest BCUT2D eigenvalue weighted by Crippen LogP contribution is -1.95. The van der Waals surface area contributed by atoms with Gasteiger partial charge in [-0.15, -0.1) is 11.6 Å². The smallest absolute Gasteiger partial charge is 0.249 e. The minimum atomic E-state index is -0.419. The van der Waals surface area contributed by atoms with Gasteiger partial charge in [-0.2, -0.15) is 4.98 Å². The van der Waals surface area contributed by atoms with Crippen LogP contribution < -0.4 is 0 Å². The van der Waals surface area contributed by atoms with Crippen molar-refractivity contribution in [1.82, 2.24) is 10.1 Å². The summed E-state index contributed by atoms with van der Waals surface area (Å²) in [5, 5.41) is 3.58. The third kappa shape index (κ3) is 3.52. The van der Waals surface area contributed by atoms with E-state index in [4.69, 9.17) is 16.1 Å². The maximum absolute atomic E-state index is 6.37. The van der Waals surface area contributed by atoms with E-state index in [2.05, 4.69) is 26.1 Å². The first-order valence-corrected chi connectivity index (χ1v) is 7.71. The zero-order valence-corrected chi connectivity index (χ0v) is 13.4. The lowest BCUT2D eigenvalue weighted by Gasteiger charge is -2.03. The highest BCUT2D eigenvalue weighted by Crippen LogP contribution is 2.27. The molecule has 0 saturated heterocycles. The normalized spacial score (nSPS) is 12.3. The Morgan fingerprint density at radius 2 is 1.76 bits per heavy atom. The van der Waals surface area contributed by atoms with Gasteiger partial charge in [0.05, 0.1) is 0 Å². The molecule has 0 amide bonds. The van der Waals surface area contributed by atoms with Gasteiger partial charge < -0.3 is 4.52 Å². The van der Waals surface area contributed by atoms with Crippen LogP contribution in [-0.2, 0) is 6.42 Å². The van der Waals surface area contributed by atoms with Gasteiger partial charge in [0.25, 0.3) is 0 Å². The van der Waals surface area contributed by atoms with Crippen LogP contribution in [0.4, 0.5) is 0 Å². The Morgan fingerprint density at radius 3 is 2.48 bits per heavy atom. The topological polar surface area (TPSA) is 38.9 Å². The molecule has 0 bridgehead atoms. The maximum Gasteiger partial charge on any atom is 0.249 e. The van der Waals surface area contributed by atoms with E-state index in [1.165, 1.54) is 0 Å². The minimum absolute atomic E-state index is 0.419. The van der Waals surface area contributed by atoms with Gasteiger partial charge in [-0.1, -0.05) is 63.6 Å². The van der Waals surface area contributed by atoms with Crippen LogP contribution in [0, 0.1) is 0 Å². The van der Waals surface area contributed by atoms with Gasteiger partial charge in [0.15, 0.2) is 5.82 Å². The summed E-state index contributed by atoms with van der Waals surface area (Å²) >= 11 is 9.78. The Labute approximate surface area is 136 Å². The van der Waals surface area contributed by atoms with Gasteiger partial charge in [-0.3, -0.25) is 0 Å². The van der Waals surface area contributed by atoms with E-state index in [1.54, 1.807) is 0 Å². The second-order valence-corrected chi connectivity index (χ2v) is 5.98. The summed E-state index contributed by atoms with van der Waals surface area (Å²) in [6.07, 6.45) is 0.620. The van der Waals surface area contributed by atoms with Crippen molar-refractivity contribution in [3.63, 3.8) is 0 Å². The average Bonchev–Trinajstić information content (AvgIpc) is 2.98. The fourth-order valence-corrected chi connectivity index (χ4v) is 2.49. The highest BCUT2D eigenvalue weighted by atomic mass is 79.9. The molecule has 2 aromatic carbocycles.